The van der Waals surface area contributed by atoms with Crippen LogP contribution in [0, 0.1) is 0 Å². The zero-order valence-corrected chi connectivity index (χ0v) is 11.1. The third-order valence-electron chi connectivity index (χ3n) is 2.74. The highest BCUT2D eigenvalue weighted by atomic mass is 35.5. The lowest BCUT2D eigenvalue weighted by atomic mass is 10.00. The first-order valence-electron chi connectivity index (χ1n) is 5.54. The minimum absolute atomic E-state index is 0.179. The molecule has 0 heterocycles. The van der Waals surface area contributed by atoms with Crippen LogP contribution >= 0.6 is 23.2 Å². The molecular formula is C14H13Cl2NO. The number of phenols is 1. The standard InChI is InChI=1S/C14H13Cl2NO/c15-12-5-4-10(8-13(12)16)14(17)7-9-2-1-3-11(18)6-9/h1-6,8,14,18H,7,17H2. The second-order valence-corrected chi connectivity index (χ2v) is 4.97. The number of rotatable bonds is 3. The van der Waals surface area contributed by atoms with Crippen molar-refractivity contribution in [1.29, 1.82) is 0 Å². The number of phenolic OH excluding ortho intramolecular Hbond substituents is 1. The summed E-state index contributed by atoms with van der Waals surface area (Å²) in [5, 5.41) is 10.4. The molecule has 0 fully saturated rings. The number of aromatic hydroxyl groups is 1. The van der Waals surface area contributed by atoms with Gasteiger partial charge in [0.25, 0.3) is 0 Å². The third kappa shape index (κ3) is 3.16. The van der Waals surface area contributed by atoms with Crippen LogP contribution in [-0.4, -0.2) is 5.11 Å². The highest BCUT2D eigenvalue weighted by molar-refractivity contribution is 6.42. The van der Waals surface area contributed by atoms with Crippen LogP contribution in [-0.2, 0) is 6.42 Å². The van der Waals surface area contributed by atoms with Gasteiger partial charge in [-0.25, -0.2) is 0 Å². The molecule has 18 heavy (non-hydrogen) atoms. The van der Waals surface area contributed by atoms with Crippen molar-refractivity contribution in [2.24, 2.45) is 5.73 Å². The molecule has 2 aromatic carbocycles. The van der Waals surface area contributed by atoms with Crippen LogP contribution < -0.4 is 5.73 Å². The predicted octanol–water partition coefficient (Wildman–Crippen LogP) is 3.94. The molecule has 3 N–H and O–H groups in total. The largest absolute Gasteiger partial charge is 0.508 e. The van der Waals surface area contributed by atoms with E-state index in [2.05, 4.69) is 0 Å². The molecule has 0 aliphatic heterocycles. The number of benzene rings is 2. The summed E-state index contributed by atoms with van der Waals surface area (Å²) in [7, 11) is 0. The fourth-order valence-electron chi connectivity index (χ4n) is 1.80. The van der Waals surface area contributed by atoms with Gasteiger partial charge in [-0.15, -0.1) is 0 Å². The second-order valence-electron chi connectivity index (χ2n) is 4.15. The van der Waals surface area contributed by atoms with Crippen molar-refractivity contribution in [3.63, 3.8) is 0 Å². The van der Waals surface area contributed by atoms with Gasteiger partial charge in [-0.3, -0.25) is 0 Å². The summed E-state index contributed by atoms with van der Waals surface area (Å²) in [6, 6.07) is 12.3. The van der Waals surface area contributed by atoms with Crippen LogP contribution in [0.3, 0.4) is 0 Å². The van der Waals surface area contributed by atoms with E-state index in [9.17, 15) is 5.11 Å². The summed E-state index contributed by atoms with van der Waals surface area (Å²) < 4.78 is 0. The van der Waals surface area contributed by atoms with Gasteiger partial charge in [0, 0.05) is 6.04 Å². The molecule has 0 spiro atoms. The average molecular weight is 282 g/mol. The molecule has 1 unspecified atom stereocenters. The Morgan fingerprint density at radius 2 is 1.83 bits per heavy atom. The Labute approximate surface area is 116 Å². The van der Waals surface area contributed by atoms with Gasteiger partial charge in [0.2, 0.25) is 0 Å². The van der Waals surface area contributed by atoms with Crippen LogP contribution in [0.4, 0.5) is 0 Å². The van der Waals surface area contributed by atoms with E-state index in [-0.39, 0.29) is 11.8 Å². The van der Waals surface area contributed by atoms with Gasteiger partial charge in [0.15, 0.2) is 0 Å². The van der Waals surface area contributed by atoms with E-state index in [1.54, 1.807) is 30.3 Å². The number of hydrogen-bond donors (Lipinski definition) is 2. The maximum absolute atomic E-state index is 9.40. The molecule has 2 aromatic rings. The normalized spacial score (nSPS) is 12.4. The summed E-state index contributed by atoms with van der Waals surface area (Å²) >= 11 is 11.8. The zero-order chi connectivity index (χ0) is 13.1. The number of nitrogens with two attached hydrogens (primary N) is 1. The Morgan fingerprint density at radius 1 is 1.06 bits per heavy atom. The highest BCUT2D eigenvalue weighted by Crippen LogP contribution is 2.26. The quantitative estimate of drug-likeness (QED) is 0.895. The second kappa shape index (κ2) is 5.61. The van der Waals surface area contributed by atoms with Gasteiger partial charge < -0.3 is 10.8 Å². The summed E-state index contributed by atoms with van der Waals surface area (Å²) in [5.74, 6) is 0.244. The van der Waals surface area contributed by atoms with Gasteiger partial charge in [0.1, 0.15) is 5.75 Å². The fourth-order valence-corrected chi connectivity index (χ4v) is 2.10. The van der Waals surface area contributed by atoms with E-state index in [0.29, 0.717) is 16.5 Å². The van der Waals surface area contributed by atoms with Crippen molar-refractivity contribution in [1.82, 2.24) is 0 Å². The van der Waals surface area contributed by atoms with Crippen molar-refractivity contribution in [3.05, 3.63) is 63.6 Å². The summed E-state index contributed by atoms with van der Waals surface area (Å²) in [6.45, 7) is 0. The van der Waals surface area contributed by atoms with Crippen LogP contribution in [0.2, 0.25) is 10.0 Å². The lowest BCUT2D eigenvalue weighted by molar-refractivity contribution is 0.474. The van der Waals surface area contributed by atoms with Gasteiger partial charge in [-0.05, 0) is 41.8 Å². The predicted molar refractivity (Wildman–Crippen MR) is 75.2 cm³/mol. The van der Waals surface area contributed by atoms with Gasteiger partial charge in [-0.1, -0.05) is 41.4 Å². The Kier molecular flexibility index (Phi) is 4.12. The minimum atomic E-state index is -0.179. The molecule has 0 saturated carbocycles. The van der Waals surface area contributed by atoms with Crippen LogP contribution in [0.1, 0.15) is 17.2 Å². The molecule has 0 aliphatic carbocycles. The molecule has 0 aromatic heterocycles. The molecular weight excluding hydrogens is 269 g/mol. The van der Waals surface area contributed by atoms with E-state index in [1.807, 2.05) is 12.1 Å². The lowest BCUT2D eigenvalue weighted by Crippen LogP contribution is -2.13. The van der Waals surface area contributed by atoms with Crippen molar-refractivity contribution < 1.29 is 5.11 Å². The van der Waals surface area contributed by atoms with E-state index in [4.69, 9.17) is 28.9 Å². The average Bonchev–Trinajstić information content (AvgIpc) is 2.32. The van der Waals surface area contributed by atoms with Crippen molar-refractivity contribution in [3.8, 4) is 5.75 Å². The minimum Gasteiger partial charge on any atom is -0.508 e. The molecule has 0 amide bonds. The van der Waals surface area contributed by atoms with Crippen LogP contribution in [0.5, 0.6) is 5.75 Å². The summed E-state index contributed by atoms with van der Waals surface area (Å²) in [4.78, 5) is 0. The Balaban J connectivity index is 2.16. The van der Waals surface area contributed by atoms with Gasteiger partial charge in [0.05, 0.1) is 10.0 Å². The maximum Gasteiger partial charge on any atom is 0.115 e. The van der Waals surface area contributed by atoms with Gasteiger partial charge >= 0.3 is 0 Å². The topological polar surface area (TPSA) is 46.2 Å². The Bertz CT molecular complexity index is 557. The first-order valence-corrected chi connectivity index (χ1v) is 6.30. The molecule has 2 rings (SSSR count). The maximum atomic E-state index is 9.40. The van der Waals surface area contributed by atoms with Crippen molar-refractivity contribution in [2.45, 2.75) is 12.5 Å². The van der Waals surface area contributed by atoms with Crippen LogP contribution in [0.15, 0.2) is 42.5 Å². The van der Waals surface area contributed by atoms with E-state index in [1.165, 1.54) is 0 Å². The Hall–Kier alpha value is -1.22. The summed E-state index contributed by atoms with van der Waals surface area (Å²) in [6.07, 6.45) is 0.631. The molecule has 94 valence electrons. The monoisotopic (exact) mass is 281 g/mol. The lowest BCUT2D eigenvalue weighted by Gasteiger charge is -2.13. The SMILES string of the molecule is NC(Cc1cccc(O)c1)c1ccc(Cl)c(Cl)c1. The van der Waals surface area contributed by atoms with E-state index in [0.717, 1.165) is 11.1 Å². The molecule has 1 atom stereocenters. The zero-order valence-electron chi connectivity index (χ0n) is 9.61. The third-order valence-corrected chi connectivity index (χ3v) is 3.48. The van der Waals surface area contributed by atoms with Crippen LogP contribution in [0.25, 0.3) is 0 Å². The molecule has 4 heteroatoms. The molecule has 0 saturated heterocycles. The van der Waals surface area contributed by atoms with E-state index >= 15 is 0 Å². The van der Waals surface area contributed by atoms with Crippen molar-refractivity contribution >= 4 is 23.2 Å². The number of hydrogen-bond acceptors (Lipinski definition) is 2. The summed E-state index contributed by atoms with van der Waals surface area (Å²) in [5.41, 5.74) is 8.02. The van der Waals surface area contributed by atoms with Gasteiger partial charge in [-0.2, -0.15) is 0 Å². The van der Waals surface area contributed by atoms with Crippen molar-refractivity contribution in [2.75, 3.05) is 0 Å². The smallest absolute Gasteiger partial charge is 0.115 e. The Morgan fingerprint density at radius 3 is 2.50 bits per heavy atom. The molecule has 0 bridgehead atoms. The fraction of sp³-hybridized carbons (Fsp3) is 0.143. The highest BCUT2D eigenvalue weighted by Gasteiger charge is 2.09. The first kappa shape index (κ1) is 13.2. The van der Waals surface area contributed by atoms with E-state index < -0.39 is 0 Å². The molecule has 0 aliphatic rings. The molecule has 2 nitrogen and oxygen atoms in total. The molecule has 0 radical (unpaired) electrons. The number of halogens is 2. The first-order chi connectivity index (χ1) is 8.56.